The lowest BCUT2D eigenvalue weighted by molar-refractivity contribution is 0.0527. The zero-order valence-corrected chi connectivity index (χ0v) is 19.5. The highest BCUT2D eigenvalue weighted by Crippen LogP contribution is 2.34. The number of rotatable bonds is 10. The Morgan fingerprint density at radius 1 is 1.09 bits per heavy atom. The molecule has 2 aromatic heterocycles. The lowest BCUT2D eigenvalue weighted by Crippen LogP contribution is -2.14. The Balaban J connectivity index is 1.70. The summed E-state index contributed by atoms with van der Waals surface area (Å²) in [6, 6.07) is 11.0. The normalized spacial score (nSPS) is 10.6. The highest BCUT2D eigenvalue weighted by molar-refractivity contribution is 7.18. The van der Waals surface area contributed by atoms with Crippen LogP contribution in [0.1, 0.15) is 67.7 Å². The lowest BCUT2D eigenvalue weighted by atomic mass is 10.1. The molecule has 0 bridgehead atoms. The summed E-state index contributed by atoms with van der Waals surface area (Å²) in [6.45, 7) is 5.67. The number of ether oxygens (including phenoxy) is 2. The minimum atomic E-state index is -0.691. The van der Waals surface area contributed by atoms with Crippen LogP contribution in [0, 0.1) is 6.92 Å². The Hall–Kier alpha value is -3.59. The third-order valence-electron chi connectivity index (χ3n) is 4.81. The summed E-state index contributed by atoms with van der Waals surface area (Å²) in [7, 11) is 0. The van der Waals surface area contributed by atoms with Crippen LogP contribution in [0.2, 0.25) is 0 Å². The Labute approximate surface area is 195 Å². The summed E-state index contributed by atoms with van der Waals surface area (Å²) in [5.74, 6) is -0.717. The number of furan rings is 1. The smallest absolute Gasteiger partial charge is 0.341 e. The van der Waals surface area contributed by atoms with E-state index in [1.807, 2.05) is 24.3 Å². The van der Waals surface area contributed by atoms with Gasteiger partial charge in [0.2, 0.25) is 0 Å². The molecule has 0 spiro atoms. The van der Waals surface area contributed by atoms with E-state index < -0.39 is 17.8 Å². The van der Waals surface area contributed by atoms with Crippen molar-refractivity contribution in [3.05, 3.63) is 69.5 Å². The molecule has 3 aromatic rings. The van der Waals surface area contributed by atoms with E-state index in [1.54, 1.807) is 19.9 Å². The summed E-state index contributed by atoms with van der Waals surface area (Å²) in [4.78, 5) is 37.0. The fraction of sp³-hybridized carbons (Fsp3) is 0.292. The fourth-order valence-corrected chi connectivity index (χ4v) is 4.27. The zero-order chi connectivity index (χ0) is 24.0. The summed E-state index contributed by atoms with van der Waals surface area (Å²) >= 11 is 0.917. The standard InChI is InChI=1S/C24H26N2O6S/c1-4-6-15-7-9-16(10-8-15)31-13-17-11-12-18(32-17)22(28)26-23-19(24(29)30-5-2)14(3)20(33-23)21(25)27/h7-12H,4-6,13H2,1-3H3,(H2,25,27)(H,26,28). The Morgan fingerprint density at radius 3 is 2.45 bits per heavy atom. The fourth-order valence-electron chi connectivity index (χ4n) is 3.22. The number of carbonyl (C=O) groups is 3. The number of benzene rings is 1. The molecule has 0 unspecified atom stereocenters. The molecular formula is C24H26N2O6S. The number of carbonyl (C=O) groups excluding carboxylic acids is 3. The van der Waals surface area contributed by atoms with Gasteiger partial charge in [0.1, 0.15) is 23.1 Å². The monoisotopic (exact) mass is 470 g/mol. The summed E-state index contributed by atoms with van der Waals surface area (Å²) in [5.41, 5.74) is 7.10. The van der Waals surface area contributed by atoms with Gasteiger partial charge in [-0.2, -0.15) is 0 Å². The molecule has 1 aromatic carbocycles. The maximum Gasteiger partial charge on any atom is 0.341 e. The van der Waals surface area contributed by atoms with Gasteiger partial charge in [0, 0.05) is 0 Å². The van der Waals surface area contributed by atoms with Gasteiger partial charge in [-0.15, -0.1) is 11.3 Å². The van der Waals surface area contributed by atoms with Crippen LogP contribution < -0.4 is 15.8 Å². The molecule has 33 heavy (non-hydrogen) atoms. The number of aryl methyl sites for hydroxylation is 1. The van der Waals surface area contributed by atoms with Crippen LogP contribution in [0.4, 0.5) is 5.00 Å². The van der Waals surface area contributed by atoms with Crippen LogP contribution in [0.5, 0.6) is 5.75 Å². The second kappa shape index (κ2) is 10.8. The first-order valence-corrected chi connectivity index (χ1v) is 11.4. The predicted molar refractivity (Wildman–Crippen MR) is 125 cm³/mol. The van der Waals surface area contributed by atoms with E-state index in [2.05, 4.69) is 12.2 Å². The van der Waals surface area contributed by atoms with Crippen LogP contribution in [0.25, 0.3) is 0 Å². The number of primary amides is 1. The van der Waals surface area contributed by atoms with Crippen LogP contribution in [-0.2, 0) is 17.8 Å². The molecule has 0 fully saturated rings. The number of esters is 1. The second-order valence-corrected chi connectivity index (χ2v) is 8.27. The second-order valence-electron chi connectivity index (χ2n) is 7.25. The first-order chi connectivity index (χ1) is 15.8. The van der Waals surface area contributed by atoms with Gasteiger partial charge in [0.15, 0.2) is 5.76 Å². The third-order valence-corrected chi connectivity index (χ3v) is 6.03. The molecule has 0 atom stereocenters. The molecule has 0 radical (unpaired) electrons. The molecule has 0 saturated carbocycles. The minimum absolute atomic E-state index is 0.0355. The van der Waals surface area contributed by atoms with E-state index in [-0.39, 0.29) is 34.4 Å². The minimum Gasteiger partial charge on any atom is -0.486 e. The zero-order valence-electron chi connectivity index (χ0n) is 18.7. The van der Waals surface area contributed by atoms with Gasteiger partial charge in [-0.05, 0) is 55.7 Å². The van der Waals surface area contributed by atoms with Gasteiger partial charge in [0.05, 0.1) is 17.0 Å². The van der Waals surface area contributed by atoms with Crippen molar-refractivity contribution in [2.24, 2.45) is 5.73 Å². The Kier molecular flexibility index (Phi) is 7.89. The van der Waals surface area contributed by atoms with Crippen LogP contribution in [0.3, 0.4) is 0 Å². The number of thiophene rings is 1. The summed E-state index contributed by atoms with van der Waals surface area (Å²) in [5, 5.41) is 2.80. The molecule has 8 nitrogen and oxygen atoms in total. The molecule has 0 saturated heterocycles. The van der Waals surface area contributed by atoms with Crippen LogP contribution >= 0.6 is 11.3 Å². The van der Waals surface area contributed by atoms with Crippen molar-refractivity contribution in [3.8, 4) is 5.75 Å². The Morgan fingerprint density at radius 2 is 1.82 bits per heavy atom. The third kappa shape index (κ3) is 5.81. The molecule has 2 heterocycles. The topological polar surface area (TPSA) is 121 Å². The number of hydrogen-bond acceptors (Lipinski definition) is 7. The van der Waals surface area contributed by atoms with Crippen molar-refractivity contribution < 1.29 is 28.3 Å². The molecule has 0 aliphatic rings. The lowest BCUT2D eigenvalue weighted by Gasteiger charge is -2.06. The van der Waals surface area contributed by atoms with Crippen molar-refractivity contribution in [1.29, 1.82) is 0 Å². The largest absolute Gasteiger partial charge is 0.486 e. The highest BCUT2D eigenvalue weighted by Gasteiger charge is 2.26. The molecule has 9 heteroatoms. The first-order valence-electron chi connectivity index (χ1n) is 10.6. The van der Waals surface area contributed by atoms with E-state index in [4.69, 9.17) is 19.6 Å². The summed E-state index contributed by atoms with van der Waals surface area (Å²) in [6.07, 6.45) is 2.09. The van der Waals surface area contributed by atoms with Crippen LogP contribution in [0.15, 0.2) is 40.8 Å². The average Bonchev–Trinajstić information content (AvgIpc) is 3.38. The number of anilines is 1. The van der Waals surface area contributed by atoms with Crippen molar-refractivity contribution in [3.63, 3.8) is 0 Å². The molecule has 3 rings (SSSR count). The van der Waals surface area contributed by atoms with Gasteiger partial charge < -0.3 is 24.9 Å². The van der Waals surface area contributed by atoms with Crippen LogP contribution in [-0.4, -0.2) is 24.4 Å². The van der Waals surface area contributed by atoms with Gasteiger partial charge in [-0.1, -0.05) is 25.5 Å². The molecular weight excluding hydrogens is 444 g/mol. The first kappa shape index (κ1) is 24.1. The molecule has 2 amide bonds. The van der Waals surface area contributed by atoms with Gasteiger partial charge in [-0.25, -0.2) is 4.79 Å². The van der Waals surface area contributed by atoms with Crippen molar-refractivity contribution >= 4 is 34.1 Å². The highest BCUT2D eigenvalue weighted by atomic mass is 32.1. The number of hydrogen-bond donors (Lipinski definition) is 2. The van der Waals surface area contributed by atoms with E-state index in [0.717, 1.165) is 24.2 Å². The van der Waals surface area contributed by atoms with E-state index in [0.29, 0.717) is 17.1 Å². The maximum absolute atomic E-state index is 12.7. The number of amides is 2. The number of nitrogens with two attached hydrogens (primary N) is 1. The molecule has 0 aliphatic carbocycles. The molecule has 0 aliphatic heterocycles. The van der Waals surface area contributed by atoms with E-state index in [1.165, 1.54) is 11.6 Å². The predicted octanol–water partition coefficient (Wildman–Crippen LogP) is 4.71. The molecule has 174 valence electrons. The SMILES string of the molecule is CCCc1ccc(OCc2ccc(C(=O)Nc3sc(C(N)=O)c(C)c3C(=O)OCC)o2)cc1. The quantitative estimate of drug-likeness (QED) is 0.414. The van der Waals surface area contributed by atoms with E-state index >= 15 is 0 Å². The molecule has 3 N–H and O–H groups in total. The maximum atomic E-state index is 12.7. The van der Waals surface area contributed by atoms with Gasteiger partial charge in [0.25, 0.3) is 11.8 Å². The average molecular weight is 471 g/mol. The van der Waals surface area contributed by atoms with Crippen molar-refractivity contribution in [2.75, 3.05) is 11.9 Å². The number of nitrogens with one attached hydrogen (secondary N) is 1. The van der Waals surface area contributed by atoms with Gasteiger partial charge >= 0.3 is 5.97 Å². The van der Waals surface area contributed by atoms with Crippen molar-refractivity contribution in [2.45, 2.75) is 40.2 Å². The van der Waals surface area contributed by atoms with Gasteiger partial charge in [-0.3, -0.25) is 9.59 Å². The Bertz CT molecular complexity index is 1150. The summed E-state index contributed by atoms with van der Waals surface area (Å²) < 4.78 is 16.4. The van der Waals surface area contributed by atoms with Crippen molar-refractivity contribution in [1.82, 2.24) is 0 Å². The van der Waals surface area contributed by atoms with E-state index in [9.17, 15) is 14.4 Å².